The zero-order valence-electron chi connectivity index (χ0n) is 22.6. The monoisotopic (exact) mass is 577 g/mol. The molecular weight excluding hydrogens is 550 g/mol. The number of nitrogens with one attached hydrogen (secondary N) is 2. The average molecular weight is 578 g/mol. The fraction of sp³-hybridized carbons (Fsp3) is 0.194. The molecule has 3 amide bonds. The second kappa shape index (κ2) is 11.2. The lowest BCUT2D eigenvalue weighted by atomic mass is 10.1. The molecule has 2 aliphatic rings. The van der Waals surface area contributed by atoms with Gasteiger partial charge in [0.05, 0.1) is 23.0 Å². The number of piperidine rings is 1. The molecule has 5 heterocycles. The van der Waals surface area contributed by atoms with E-state index in [1.54, 1.807) is 42.7 Å². The summed E-state index contributed by atoms with van der Waals surface area (Å²) in [7, 11) is 0. The molecule has 0 saturated carbocycles. The standard InChI is InChI=1S/C31H27N7O3S/c39-29(35-21-8-6-20(7-9-21)18-37-15-2-1-3-16-37)27-26-25-28(33-19-34-30(25)42-27)38(31(40)36-26)22-10-12-23(13-11-22)41-24-5-4-14-32-17-24/h4-14,17,19H,1-3,15-16,18H2,(H,35,39)(H,36,40). The Morgan fingerprint density at radius 2 is 1.79 bits per heavy atom. The number of thiophene rings is 1. The van der Waals surface area contributed by atoms with E-state index >= 15 is 0 Å². The number of hydrogen-bond donors (Lipinski definition) is 2. The van der Waals surface area contributed by atoms with Gasteiger partial charge in [-0.2, -0.15) is 0 Å². The fourth-order valence-electron chi connectivity index (χ4n) is 5.33. The summed E-state index contributed by atoms with van der Waals surface area (Å²) in [6.07, 6.45) is 8.52. The van der Waals surface area contributed by atoms with Crippen molar-refractivity contribution in [2.75, 3.05) is 28.6 Å². The number of ether oxygens (including phenoxy) is 1. The van der Waals surface area contributed by atoms with Gasteiger partial charge < -0.3 is 15.4 Å². The fourth-order valence-corrected chi connectivity index (χ4v) is 6.32. The molecule has 0 atom stereocenters. The highest BCUT2D eigenvalue weighted by atomic mass is 32.1. The lowest BCUT2D eigenvalue weighted by Gasteiger charge is -2.27. The molecule has 11 heteroatoms. The SMILES string of the molecule is O=C(Nc1ccc(CN2CCCCC2)cc1)c1sc2ncnc3c2c1NC(=O)N3c1ccc(Oc2cccnc2)cc1. The number of rotatable bonds is 7. The summed E-state index contributed by atoms with van der Waals surface area (Å²) < 4.78 is 5.83. The van der Waals surface area contributed by atoms with Crippen molar-refractivity contribution in [2.45, 2.75) is 25.8 Å². The van der Waals surface area contributed by atoms with Crippen LogP contribution in [0.15, 0.2) is 79.4 Å². The minimum absolute atomic E-state index is 0.312. The molecule has 210 valence electrons. The molecule has 1 fully saturated rings. The molecule has 7 rings (SSSR count). The average Bonchev–Trinajstić information content (AvgIpc) is 3.39. The number of carbonyl (C=O) groups is 2. The lowest BCUT2D eigenvalue weighted by molar-refractivity contribution is 0.103. The van der Waals surface area contributed by atoms with E-state index in [2.05, 4.69) is 42.6 Å². The molecular formula is C31H27N7O3S. The van der Waals surface area contributed by atoms with Gasteiger partial charge in [0.15, 0.2) is 5.82 Å². The summed E-state index contributed by atoms with van der Waals surface area (Å²) in [6.45, 7) is 3.18. The highest BCUT2D eigenvalue weighted by Gasteiger charge is 2.33. The Morgan fingerprint density at radius 3 is 2.55 bits per heavy atom. The zero-order chi connectivity index (χ0) is 28.5. The van der Waals surface area contributed by atoms with E-state index in [4.69, 9.17) is 4.74 Å². The third kappa shape index (κ3) is 5.15. The molecule has 2 aromatic carbocycles. The molecule has 1 saturated heterocycles. The molecule has 2 aliphatic heterocycles. The third-order valence-electron chi connectivity index (χ3n) is 7.35. The van der Waals surface area contributed by atoms with Crippen molar-refractivity contribution in [1.82, 2.24) is 19.9 Å². The van der Waals surface area contributed by atoms with Crippen molar-refractivity contribution in [3.05, 3.63) is 89.8 Å². The first kappa shape index (κ1) is 26.1. The number of anilines is 4. The quantitative estimate of drug-likeness (QED) is 0.219. The predicted octanol–water partition coefficient (Wildman–Crippen LogP) is 6.80. The Balaban J connectivity index is 1.11. The van der Waals surface area contributed by atoms with Crippen LogP contribution in [0.1, 0.15) is 34.5 Å². The van der Waals surface area contributed by atoms with E-state index in [1.165, 1.54) is 47.4 Å². The molecule has 42 heavy (non-hydrogen) atoms. The van der Waals surface area contributed by atoms with Crippen LogP contribution < -0.4 is 20.3 Å². The van der Waals surface area contributed by atoms with Crippen molar-refractivity contribution in [2.24, 2.45) is 0 Å². The zero-order valence-corrected chi connectivity index (χ0v) is 23.4. The van der Waals surface area contributed by atoms with E-state index in [-0.39, 0.29) is 5.91 Å². The third-order valence-corrected chi connectivity index (χ3v) is 8.45. The van der Waals surface area contributed by atoms with Crippen LogP contribution in [-0.4, -0.2) is 44.9 Å². The predicted molar refractivity (Wildman–Crippen MR) is 163 cm³/mol. The number of aromatic nitrogens is 3. The lowest BCUT2D eigenvalue weighted by Crippen LogP contribution is -2.35. The number of pyridine rings is 1. The van der Waals surface area contributed by atoms with Crippen molar-refractivity contribution >= 4 is 56.4 Å². The molecule has 0 radical (unpaired) electrons. The summed E-state index contributed by atoms with van der Waals surface area (Å²) in [4.78, 5) is 44.6. The largest absolute Gasteiger partial charge is 0.456 e. The normalized spacial score (nSPS) is 15.0. The van der Waals surface area contributed by atoms with Crippen molar-refractivity contribution in [3.63, 3.8) is 0 Å². The number of likely N-dealkylation sites (tertiary alicyclic amines) is 1. The van der Waals surface area contributed by atoms with Crippen LogP contribution >= 0.6 is 11.3 Å². The molecule has 3 aromatic heterocycles. The highest BCUT2D eigenvalue weighted by molar-refractivity contribution is 7.21. The molecule has 0 unspecified atom stereocenters. The summed E-state index contributed by atoms with van der Waals surface area (Å²) >= 11 is 1.22. The summed E-state index contributed by atoms with van der Waals surface area (Å²) in [6, 6.07) is 18.2. The van der Waals surface area contributed by atoms with Gasteiger partial charge in [0.1, 0.15) is 27.5 Å². The minimum atomic E-state index is -0.419. The molecule has 10 nitrogen and oxygen atoms in total. The Morgan fingerprint density at radius 1 is 0.976 bits per heavy atom. The van der Waals surface area contributed by atoms with Gasteiger partial charge >= 0.3 is 6.03 Å². The molecule has 5 aromatic rings. The van der Waals surface area contributed by atoms with Gasteiger partial charge in [0.2, 0.25) is 0 Å². The van der Waals surface area contributed by atoms with Crippen molar-refractivity contribution in [3.8, 4) is 11.5 Å². The first-order valence-electron chi connectivity index (χ1n) is 13.8. The van der Waals surface area contributed by atoms with E-state index in [1.807, 2.05) is 18.2 Å². The number of amides is 3. The van der Waals surface area contributed by atoms with Gasteiger partial charge in [-0.05, 0) is 80.0 Å². The minimum Gasteiger partial charge on any atom is -0.456 e. The van der Waals surface area contributed by atoms with Crippen LogP contribution in [0.4, 0.5) is 27.7 Å². The maximum absolute atomic E-state index is 13.4. The number of nitrogens with zero attached hydrogens (tertiary/aromatic N) is 5. The molecule has 0 spiro atoms. The van der Waals surface area contributed by atoms with Crippen LogP contribution in [0.5, 0.6) is 11.5 Å². The number of carbonyl (C=O) groups excluding carboxylic acids is 2. The van der Waals surface area contributed by atoms with Crippen molar-refractivity contribution < 1.29 is 14.3 Å². The Kier molecular flexibility index (Phi) is 6.94. The maximum Gasteiger partial charge on any atom is 0.332 e. The van der Waals surface area contributed by atoms with E-state index in [0.29, 0.717) is 49.5 Å². The van der Waals surface area contributed by atoms with Gasteiger partial charge in [0, 0.05) is 18.4 Å². The summed E-state index contributed by atoms with van der Waals surface area (Å²) in [5.74, 6) is 1.32. The topological polar surface area (TPSA) is 113 Å². The second-order valence-corrected chi connectivity index (χ2v) is 11.2. The highest BCUT2D eigenvalue weighted by Crippen LogP contribution is 2.45. The second-order valence-electron chi connectivity index (χ2n) is 10.2. The first-order chi connectivity index (χ1) is 20.6. The Bertz CT molecular complexity index is 1750. The van der Waals surface area contributed by atoms with Crippen LogP contribution in [0.25, 0.3) is 10.2 Å². The van der Waals surface area contributed by atoms with Crippen LogP contribution in [0.3, 0.4) is 0 Å². The number of hydrogen-bond acceptors (Lipinski definition) is 8. The van der Waals surface area contributed by atoms with Crippen molar-refractivity contribution in [1.29, 1.82) is 0 Å². The summed E-state index contributed by atoms with van der Waals surface area (Å²) in [5, 5.41) is 6.51. The Labute approximate surface area is 246 Å². The number of benzene rings is 2. The van der Waals surface area contributed by atoms with Gasteiger partial charge in [-0.1, -0.05) is 18.6 Å². The van der Waals surface area contributed by atoms with E-state index < -0.39 is 6.03 Å². The number of urea groups is 1. The smallest absolute Gasteiger partial charge is 0.332 e. The maximum atomic E-state index is 13.4. The van der Waals surface area contributed by atoms with Crippen LogP contribution in [0.2, 0.25) is 0 Å². The van der Waals surface area contributed by atoms with Crippen LogP contribution in [-0.2, 0) is 6.54 Å². The van der Waals surface area contributed by atoms with E-state index in [0.717, 1.165) is 19.6 Å². The van der Waals surface area contributed by atoms with Gasteiger partial charge in [0.25, 0.3) is 5.91 Å². The Hall–Kier alpha value is -4.87. The van der Waals surface area contributed by atoms with Gasteiger partial charge in [-0.3, -0.25) is 14.7 Å². The molecule has 0 aliphatic carbocycles. The van der Waals surface area contributed by atoms with E-state index in [9.17, 15) is 9.59 Å². The van der Waals surface area contributed by atoms with Crippen LogP contribution in [0, 0.1) is 0 Å². The van der Waals surface area contributed by atoms with Gasteiger partial charge in [-0.25, -0.2) is 19.7 Å². The summed E-state index contributed by atoms with van der Waals surface area (Å²) in [5.41, 5.74) is 2.92. The van der Waals surface area contributed by atoms with Gasteiger partial charge in [-0.15, -0.1) is 11.3 Å². The molecule has 2 N–H and O–H groups in total. The molecule has 0 bridgehead atoms. The first-order valence-corrected chi connectivity index (χ1v) is 14.6.